The summed E-state index contributed by atoms with van der Waals surface area (Å²) in [4.78, 5) is 0. The summed E-state index contributed by atoms with van der Waals surface area (Å²) in [7, 11) is 0. The zero-order chi connectivity index (χ0) is 64.7. The number of hydrogen-bond donors (Lipinski definition) is 1. The smallest absolute Gasteiger partial charge is 0.128 e. The molecule has 0 saturated carbocycles. The Morgan fingerprint density at radius 1 is 0.223 bits per heavy atom. The molecule has 0 unspecified atom stereocenters. The molecule has 4 nitrogen and oxygen atoms in total. The van der Waals surface area contributed by atoms with Crippen LogP contribution in [-0.2, 0) is 19.3 Å². The molecule has 0 spiro atoms. The summed E-state index contributed by atoms with van der Waals surface area (Å²) in [5.74, 6) is 2.47. The fourth-order valence-electron chi connectivity index (χ4n) is 13.6. The van der Waals surface area contributed by atoms with Crippen molar-refractivity contribution in [2.45, 2.75) is 77.6 Å². The summed E-state index contributed by atoms with van der Waals surface area (Å²) in [6.45, 7) is 13.0. The van der Waals surface area contributed by atoms with Crippen molar-refractivity contribution in [3.8, 4) is 123 Å². The summed E-state index contributed by atoms with van der Waals surface area (Å²) >= 11 is 0. The van der Waals surface area contributed by atoms with Crippen LogP contribution in [0.3, 0.4) is 0 Å². The van der Waals surface area contributed by atoms with Crippen LogP contribution in [0.4, 0.5) is 0 Å². The zero-order valence-corrected chi connectivity index (χ0v) is 54.4. The Bertz CT molecular complexity index is 4690. The predicted octanol–water partition coefficient (Wildman–Crippen LogP) is 23.6. The van der Waals surface area contributed by atoms with Crippen molar-refractivity contribution in [3.05, 3.63) is 338 Å². The van der Waals surface area contributed by atoms with Gasteiger partial charge in [-0.3, -0.25) is 0 Å². The monoisotopic (exact) mass is 1220 g/mol. The molecule has 0 fully saturated rings. The van der Waals surface area contributed by atoms with E-state index in [1.165, 1.54) is 0 Å². The molecule has 0 saturated heterocycles. The maximum atomic E-state index is 12.7. The Morgan fingerprint density at radius 2 is 0.447 bits per heavy atom. The molecule has 1 N–H and O–H groups in total. The van der Waals surface area contributed by atoms with Crippen molar-refractivity contribution in [2.24, 2.45) is 0 Å². The maximum absolute atomic E-state index is 12.7. The summed E-state index contributed by atoms with van der Waals surface area (Å²) in [6.07, 6.45) is 1.26. The largest absolute Gasteiger partial charge is 0.508 e. The lowest BCUT2D eigenvalue weighted by molar-refractivity contribution is 0.1000. The van der Waals surface area contributed by atoms with Crippen LogP contribution in [-0.4, -0.2) is 21.9 Å². The molecule has 13 rings (SSSR count). The maximum Gasteiger partial charge on any atom is 0.128 e. The van der Waals surface area contributed by atoms with E-state index in [1.54, 1.807) is 0 Å². The van der Waals surface area contributed by atoms with Gasteiger partial charge in [-0.25, -0.2) is 0 Å². The van der Waals surface area contributed by atoms with Crippen LogP contribution >= 0.6 is 0 Å². The molecule has 0 aromatic heterocycles. The fourth-order valence-corrected chi connectivity index (χ4v) is 13.6. The highest BCUT2D eigenvalue weighted by Crippen LogP contribution is 2.51. The molecule has 0 atom stereocenters. The average molecular weight is 1220 g/mol. The van der Waals surface area contributed by atoms with E-state index in [9.17, 15) is 5.11 Å². The van der Waals surface area contributed by atoms with Crippen molar-refractivity contribution in [3.63, 3.8) is 0 Å². The molecule has 13 aromatic rings. The first-order valence-corrected chi connectivity index (χ1v) is 32.7. The Kier molecular flexibility index (Phi) is 17.8. The summed E-state index contributed by atoms with van der Waals surface area (Å²) in [5, 5.41) is 12.7. The zero-order valence-electron chi connectivity index (χ0n) is 54.4. The van der Waals surface area contributed by atoms with Gasteiger partial charge in [0.05, 0.1) is 0 Å². The van der Waals surface area contributed by atoms with E-state index in [0.717, 1.165) is 134 Å². The second kappa shape index (κ2) is 27.1. The van der Waals surface area contributed by atoms with Crippen molar-refractivity contribution in [2.75, 3.05) is 0 Å². The van der Waals surface area contributed by atoms with Crippen LogP contribution in [0.25, 0.3) is 100 Å². The lowest BCUT2D eigenvalue weighted by atomic mass is 9.82. The highest BCUT2D eigenvalue weighted by molar-refractivity contribution is 6.00. The number of benzene rings is 13. The van der Waals surface area contributed by atoms with Crippen molar-refractivity contribution in [1.29, 1.82) is 0 Å². The van der Waals surface area contributed by atoms with E-state index >= 15 is 0 Å². The summed E-state index contributed by atoms with van der Waals surface area (Å²) < 4.78 is 22.8. The van der Waals surface area contributed by atoms with Crippen LogP contribution in [0.2, 0.25) is 0 Å². The predicted molar refractivity (Wildman–Crippen MR) is 392 cm³/mol. The molecule has 462 valence electrons. The third kappa shape index (κ3) is 13.7. The van der Waals surface area contributed by atoms with E-state index < -0.39 is 16.8 Å². The lowest BCUT2D eigenvalue weighted by Crippen LogP contribution is -2.36. The van der Waals surface area contributed by atoms with Gasteiger partial charge in [0.1, 0.15) is 39.8 Å². The Labute approximate surface area is 555 Å². The Morgan fingerprint density at radius 3 is 0.713 bits per heavy atom. The molecule has 0 radical (unpaired) electrons. The molecule has 0 amide bonds. The molecule has 4 heteroatoms. The second-order valence-electron chi connectivity index (χ2n) is 26.2. The first kappa shape index (κ1) is 61.9. The molecule has 13 aromatic carbocycles. The van der Waals surface area contributed by atoms with Crippen LogP contribution in [0.5, 0.6) is 23.0 Å². The van der Waals surface area contributed by atoms with Gasteiger partial charge in [0.15, 0.2) is 0 Å². The van der Waals surface area contributed by atoms with Crippen LogP contribution in [0, 0.1) is 0 Å². The van der Waals surface area contributed by atoms with Crippen LogP contribution < -0.4 is 14.2 Å². The van der Waals surface area contributed by atoms with E-state index in [1.807, 2.05) is 6.07 Å². The SMILES string of the molecule is CC(C)(Cc1ccc(O)c(CC(C)(C)Oc2ccc(-c3ccccc3)c(-c3ccccc3)c2-c2ccccc2)c1CC(C)(C)Oc1ccc(-c2ccccc2)c(-c2ccccc2)c1-c1ccccc1)Oc1ccc(-c2ccccc2)c(-c2ccccc2)c1-c1ccccc1. The molecule has 0 heterocycles. The molecule has 0 aliphatic rings. The fraction of sp³-hybridized carbons (Fsp3) is 0.133. The van der Waals surface area contributed by atoms with Gasteiger partial charge in [-0.2, -0.15) is 0 Å². The van der Waals surface area contributed by atoms with E-state index in [4.69, 9.17) is 14.2 Å². The second-order valence-corrected chi connectivity index (χ2v) is 26.2. The number of hydrogen-bond acceptors (Lipinski definition) is 4. The highest BCUT2D eigenvalue weighted by Gasteiger charge is 2.35. The first-order chi connectivity index (χ1) is 45.8. The van der Waals surface area contributed by atoms with Crippen LogP contribution in [0.1, 0.15) is 58.2 Å². The highest BCUT2D eigenvalue weighted by atomic mass is 16.5. The molecular weight excluding hydrogens is 1140 g/mol. The standard InChI is InChI=1S/C90H78O4/c1-88(2,92-79-57-53-73(63-34-16-7-17-35-63)82(66-40-22-10-23-41-66)85(79)69-46-28-13-29-47-69)60-72-52-56-78(91)77(62-90(5,6)94-81-59-55-75(65-38-20-9-21-39-65)84(68-44-26-12-27-45-68)87(81)71-50-32-15-33-51-71)76(72)61-89(3,4)93-80-58-54-74(64-36-18-8-19-37-64)83(67-42-24-11-25-43-67)86(80)70-48-30-14-31-49-70/h7-59,91H,60-62H2,1-6H3. The van der Waals surface area contributed by atoms with Gasteiger partial charge in [-0.1, -0.05) is 297 Å². The van der Waals surface area contributed by atoms with E-state index in [2.05, 4.69) is 357 Å². The molecular formula is C90H78O4. The first-order valence-electron chi connectivity index (χ1n) is 32.7. The van der Waals surface area contributed by atoms with Crippen LogP contribution in [0.15, 0.2) is 322 Å². The molecule has 0 aliphatic carbocycles. The van der Waals surface area contributed by atoms with Gasteiger partial charge in [-0.05, 0) is 144 Å². The van der Waals surface area contributed by atoms with Crippen molar-refractivity contribution < 1.29 is 19.3 Å². The minimum Gasteiger partial charge on any atom is -0.508 e. The Balaban J connectivity index is 0.948. The Hall–Kier alpha value is -10.9. The van der Waals surface area contributed by atoms with Gasteiger partial charge in [0, 0.05) is 58.2 Å². The minimum atomic E-state index is -0.884. The van der Waals surface area contributed by atoms with Crippen molar-refractivity contribution in [1.82, 2.24) is 0 Å². The van der Waals surface area contributed by atoms with Gasteiger partial charge in [-0.15, -0.1) is 0 Å². The number of phenols is 1. The quantitative estimate of drug-likeness (QED) is 0.0779. The average Bonchev–Trinajstić information content (AvgIpc) is 0.783. The number of rotatable bonds is 21. The molecule has 0 bridgehead atoms. The van der Waals surface area contributed by atoms with Gasteiger partial charge >= 0.3 is 0 Å². The number of phenolic OH excluding ortho intramolecular Hbond substituents is 1. The number of aromatic hydroxyl groups is 1. The van der Waals surface area contributed by atoms with Gasteiger partial charge < -0.3 is 19.3 Å². The minimum absolute atomic E-state index is 0.191. The summed E-state index contributed by atoms with van der Waals surface area (Å²) in [5.41, 5.74) is 19.7. The van der Waals surface area contributed by atoms with E-state index in [0.29, 0.717) is 19.3 Å². The van der Waals surface area contributed by atoms with Gasteiger partial charge in [0.2, 0.25) is 0 Å². The summed E-state index contributed by atoms with van der Waals surface area (Å²) in [6, 6.07) is 113. The van der Waals surface area contributed by atoms with E-state index in [-0.39, 0.29) is 5.75 Å². The molecule has 94 heavy (non-hydrogen) atoms. The number of ether oxygens (including phenoxy) is 3. The molecule has 0 aliphatic heterocycles. The van der Waals surface area contributed by atoms with Crippen molar-refractivity contribution >= 4 is 0 Å². The third-order valence-corrected chi connectivity index (χ3v) is 17.6. The van der Waals surface area contributed by atoms with Gasteiger partial charge in [0.25, 0.3) is 0 Å². The third-order valence-electron chi connectivity index (χ3n) is 17.6. The lowest BCUT2D eigenvalue weighted by Gasteiger charge is -2.35. The topological polar surface area (TPSA) is 47.9 Å². The normalized spacial score (nSPS) is 11.7.